The molecule has 0 bridgehead atoms. The lowest BCUT2D eigenvalue weighted by Gasteiger charge is -2.08. The maximum atomic E-state index is 11.8. The average Bonchev–Trinajstić information content (AvgIpc) is 2.53. The summed E-state index contributed by atoms with van der Waals surface area (Å²) in [6.45, 7) is 2.09. The molecule has 0 saturated heterocycles. The Hall–Kier alpha value is -2.89. The molecule has 0 saturated carbocycles. The number of benzene rings is 2. The molecule has 0 aliphatic rings. The van der Waals surface area contributed by atoms with Gasteiger partial charge < -0.3 is 9.47 Å². The van der Waals surface area contributed by atoms with Crippen LogP contribution in [0.3, 0.4) is 0 Å². The maximum Gasteiger partial charge on any atom is 0.345 e. The first-order valence-electron chi connectivity index (χ1n) is 6.74. The van der Waals surface area contributed by atoms with E-state index in [1.165, 1.54) is 18.2 Å². The highest BCUT2D eigenvalue weighted by molar-refractivity contribution is 5.94. The van der Waals surface area contributed by atoms with Gasteiger partial charge in [0.1, 0.15) is 17.9 Å². The number of hydrogen-bond acceptors (Lipinski definition) is 5. The maximum absolute atomic E-state index is 11.8. The fourth-order valence-electron chi connectivity index (χ4n) is 1.88. The van der Waals surface area contributed by atoms with Crippen molar-refractivity contribution < 1.29 is 19.2 Å². The summed E-state index contributed by atoms with van der Waals surface area (Å²) in [4.78, 5) is 22.2. The van der Waals surface area contributed by atoms with Gasteiger partial charge in [-0.05, 0) is 18.6 Å². The summed E-state index contributed by atoms with van der Waals surface area (Å²) < 4.78 is 10.4. The number of hydrogen-bond donors (Lipinski definition) is 0. The van der Waals surface area contributed by atoms with Crippen molar-refractivity contribution in [1.82, 2.24) is 0 Å². The van der Waals surface area contributed by atoms with Crippen LogP contribution in [-0.2, 0) is 11.3 Å². The van der Waals surface area contributed by atoms with Crippen molar-refractivity contribution in [2.75, 3.05) is 6.61 Å². The molecule has 0 spiro atoms. The molecule has 0 aliphatic heterocycles. The van der Waals surface area contributed by atoms with Crippen molar-refractivity contribution in [3.05, 3.63) is 69.8 Å². The van der Waals surface area contributed by atoms with Gasteiger partial charge in [0.25, 0.3) is 5.69 Å². The van der Waals surface area contributed by atoms with Crippen molar-refractivity contribution >= 4 is 11.7 Å². The van der Waals surface area contributed by atoms with Gasteiger partial charge in [0.05, 0.1) is 11.5 Å². The van der Waals surface area contributed by atoms with Crippen molar-refractivity contribution in [3.63, 3.8) is 0 Å². The molecule has 0 N–H and O–H groups in total. The van der Waals surface area contributed by atoms with E-state index in [2.05, 4.69) is 0 Å². The summed E-state index contributed by atoms with van der Waals surface area (Å²) in [6.07, 6.45) is 0. The lowest BCUT2D eigenvalue weighted by Crippen LogP contribution is -2.08. The topological polar surface area (TPSA) is 78.7 Å². The van der Waals surface area contributed by atoms with Crippen LogP contribution in [0.2, 0.25) is 0 Å². The van der Waals surface area contributed by atoms with E-state index in [0.717, 1.165) is 5.56 Å². The van der Waals surface area contributed by atoms with E-state index in [1.54, 1.807) is 6.92 Å². The second-order valence-electron chi connectivity index (χ2n) is 4.43. The Labute approximate surface area is 127 Å². The Morgan fingerprint density at radius 3 is 2.55 bits per heavy atom. The van der Waals surface area contributed by atoms with Gasteiger partial charge in [-0.3, -0.25) is 10.1 Å². The van der Waals surface area contributed by atoms with Gasteiger partial charge in [-0.25, -0.2) is 4.79 Å². The van der Waals surface area contributed by atoms with Crippen LogP contribution in [0, 0.1) is 10.1 Å². The molecule has 0 radical (unpaired) electrons. The first-order chi connectivity index (χ1) is 10.6. The second kappa shape index (κ2) is 7.21. The average molecular weight is 301 g/mol. The Kier molecular flexibility index (Phi) is 5.08. The van der Waals surface area contributed by atoms with Gasteiger partial charge in [-0.15, -0.1) is 0 Å². The third kappa shape index (κ3) is 3.82. The van der Waals surface area contributed by atoms with Gasteiger partial charge in [0.2, 0.25) is 0 Å². The van der Waals surface area contributed by atoms with Crippen molar-refractivity contribution in [1.29, 1.82) is 0 Å². The van der Waals surface area contributed by atoms with E-state index in [0.29, 0.717) is 12.4 Å². The number of carbonyl (C=O) groups is 1. The Bertz CT molecular complexity index is 669. The van der Waals surface area contributed by atoms with Gasteiger partial charge in [0.15, 0.2) is 0 Å². The molecule has 0 aliphatic carbocycles. The van der Waals surface area contributed by atoms with E-state index >= 15 is 0 Å². The fourth-order valence-corrected chi connectivity index (χ4v) is 1.88. The molecule has 2 aromatic rings. The van der Waals surface area contributed by atoms with Crippen molar-refractivity contribution in [2.45, 2.75) is 13.5 Å². The lowest BCUT2D eigenvalue weighted by molar-refractivity contribution is -0.385. The quantitative estimate of drug-likeness (QED) is 0.464. The number of carbonyl (C=O) groups excluding carboxylic acids is 1. The van der Waals surface area contributed by atoms with Crippen molar-refractivity contribution in [2.24, 2.45) is 0 Å². The minimum absolute atomic E-state index is 0.114. The highest BCUT2D eigenvalue weighted by Gasteiger charge is 2.22. The third-order valence-corrected chi connectivity index (χ3v) is 2.91. The summed E-state index contributed by atoms with van der Waals surface area (Å²) in [5, 5.41) is 11.0. The van der Waals surface area contributed by atoms with Crippen molar-refractivity contribution in [3.8, 4) is 5.75 Å². The second-order valence-corrected chi connectivity index (χ2v) is 4.43. The van der Waals surface area contributed by atoms with Crippen LogP contribution in [0.4, 0.5) is 5.69 Å². The number of nitro groups is 1. The Balaban J connectivity index is 2.20. The van der Waals surface area contributed by atoms with E-state index in [-0.39, 0.29) is 17.9 Å². The van der Waals surface area contributed by atoms with E-state index in [4.69, 9.17) is 9.47 Å². The minimum Gasteiger partial charge on any atom is -0.489 e. The zero-order valence-electron chi connectivity index (χ0n) is 12.0. The van der Waals surface area contributed by atoms with Crippen LogP contribution in [0.25, 0.3) is 0 Å². The van der Waals surface area contributed by atoms with Gasteiger partial charge in [0, 0.05) is 12.1 Å². The van der Waals surface area contributed by atoms with E-state index in [9.17, 15) is 14.9 Å². The number of nitro benzene ring substituents is 1. The highest BCUT2D eigenvalue weighted by Crippen LogP contribution is 2.25. The SMILES string of the molecule is CCOC(=O)c1cc(OCc2ccccc2)ccc1[N+](=O)[O-]. The predicted octanol–water partition coefficient (Wildman–Crippen LogP) is 3.35. The van der Waals surface area contributed by atoms with Gasteiger partial charge >= 0.3 is 5.97 Å². The normalized spacial score (nSPS) is 10.0. The fraction of sp³-hybridized carbons (Fsp3) is 0.188. The van der Waals surface area contributed by atoms with Crippen LogP contribution < -0.4 is 4.74 Å². The molecule has 6 heteroatoms. The molecular formula is C16H15NO5. The first kappa shape index (κ1) is 15.5. The Morgan fingerprint density at radius 1 is 1.18 bits per heavy atom. The molecule has 0 amide bonds. The first-order valence-corrected chi connectivity index (χ1v) is 6.74. The molecule has 22 heavy (non-hydrogen) atoms. The lowest BCUT2D eigenvalue weighted by atomic mass is 10.1. The van der Waals surface area contributed by atoms with Crippen LogP contribution >= 0.6 is 0 Å². The van der Waals surface area contributed by atoms with Gasteiger partial charge in [-0.1, -0.05) is 30.3 Å². The summed E-state index contributed by atoms with van der Waals surface area (Å²) in [6, 6.07) is 13.5. The molecule has 114 valence electrons. The zero-order valence-corrected chi connectivity index (χ0v) is 12.0. The molecule has 6 nitrogen and oxygen atoms in total. The molecule has 2 rings (SSSR count). The van der Waals surface area contributed by atoms with E-state index in [1.807, 2.05) is 30.3 Å². The van der Waals surface area contributed by atoms with Crippen LogP contribution in [0.15, 0.2) is 48.5 Å². The smallest absolute Gasteiger partial charge is 0.345 e. The Morgan fingerprint density at radius 2 is 1.91 bits per heavy atom. The van der Waals surface area contributed by atoms with Crippen LogP contribution in [0.5, 0.6) is 5.75 Å². The summed E-state index contributed by atoms with van der Waals surface area (Å²) in [7, 11) is 0. The third-order valence-electron chi connectivity index (χ3n) is 2.91. The molecule has 0 fully saturated rings. The number of ether oxygens (including phenoxy) is 2. The molecule has 0 atom stereocenters. The molecule has 0 heterocycles. The number of rotatable bonds is 6. The summed E-state index contributed by atoms with van der Waals surface area (Å²) in [5.74, 6) is -0.364. The minimum atomic E-state index is -0.737. The molecule has 0 unspecified atom stereocenters. The predicted molar refractivity (Wildman–Crippen MR) is 79.8 cm³/mol. The zero-order chi connectivity index (χ0) is 15.9. The highest BCUT2D eigenvalue weighted by atomic mass is 16.6. The number of nitrogens with zero attached hydrogens (tertiary/aromatic N) is 1. The molecule has 2 aromatic carbocycles. The largest absolute Gasteiger partial charge is 0.489 e. The molecule has 0 aromatic heterocycles. The monoisotopic (exact) mass is 301 g/mol. The summed E-state index contributed by atoms with van der Waals surface area (Å²) >= 11 is 0. The molecular weight excluding hydrogens is 286 g/mol. The van der Waals surface area contributed by atoms with Crippen LogP contribution in [0.1, 0.15) is 22.8 Å². The standard InChI is InChI=1S/C16H15NO5/c1-2-21-16(18)14-10-13(8-9-15(14)17(19)20)22-11-12-6-4-3-5-7-12/h3-10H,2,11H2,1H3. The summed E-state index contributed by atoms with van der Waals surface area (Å²) in [5.41, 5.74) is 0.543. The van der Waals surface area contributed by atoms with Crippen LogP contribution in [-0.4, -0.2) is 17.5 Å². The van der Waals surface area contributed by atoms with E-state index < -0.39 is 10.9 Å². The number of esters is 1. The van der Waals surface area contributed by atoms with Gasteiger partial charge in [-0.2, -0.15) is 0 Å².